The smallest absolute Gasteiger partial charge is 0.340 e. The topological polar surface area (TPSA) is 58.6 Å². The summed E-state index contributed by atoms with van der Waals surface area (Å²) in [6.45, 7) is 1.99. The van der Waals surface area contributed by atoms with Crippen molar-refractivity contribution in [3.05, 3.63) is 40.1 Å². The average molecular weight is 300 g/mol. The molecule has 0 saturated carbocycles. The summed E-state index contributed by atoms with van der Waals surface area (Å²) >= 11 is 1.31. The van der Waals surface area contributed by atoms with Crippen LogP contribution in [0.2, 0.25) is 0 Å². The largest absolute Gasteiger partial charge is 0.478 e. The molecule has 4 nitrogen and oxygen atoms in total. The standard InChI is InChI=1S/C13H13NO3S.ClH/c1-8-3-4-9(5-11(8)14-2)17-12-7-18-6-10(12)13(15)16;/h3-7,14H,1-2H3,(H,15,16);1H. The molecular formula is C13H14ClNO3S. The molecule has 2 aromatic rings. The Balaban J connectivity index is 0.00000180. The van der Waals surface area contributed by atoms with Crippen LogP contribution in [-0.4, -0.2) is 18.1 Å². The zero-order chi connectivity index (χ0) is 13.1. The number of aromatic carboxylic acids is 1. The Morgan fingerprint density at radius 3 is 2.74 bits per heavy atom. The van der Waals surface area contributed by atoms with Crippen molar-refractivity contribution in [2.24, 2.45) is 0 Å². The Hall–Kier alpha value is -1.72. The lowest BCUT2D eigenvalue weighted by Crippen LogP contribution is -1.97. The highest BCUT2D eigenvalue weighted by Gasteiger charge is 2.13. The van der Waals surface area contributed by atoms with Gasteiger partial charge in [-0.15, -0.1) is 23.7 Å². The van der Waals surface area contributed by atoms with Crippen molar-refractivity contribution in [1.82, 2.24) is 0 Å². The third kappa shape index (κ3) is 3.39. The van der Waals surface area contributed by atoms with E-state index < -0.39 is 5.97 Å². The second-order valence-electron chi connectivity index (χ2n) is 3.78. The number of carbonyl (C=O) groups is 1. The number of ether oxygens (including phenoxy) is 1. The lowest BCUT2D eigenvalue weighted by atomic mass is 10.2. The molecule has 0 spiro atoms. The normalized spacial score (nSPS) is 9.58. The first-order chi connectivity index (χ1) is 8.61. The summed E-state index contributed by atoms with van der Waals surface area (Å²) in [6.07, 6.45) is 0. The second kappa shape index (κ2) is 6.45. The highest BCUT2D eigenvalue weighted by Crippen LogP contribution is 2.31. The van der Waals surface area contributed by atoms with Crippen molar-refractivity contribution in [3.63, 3.8) is 0 Å². The molecule has 1 aromatic carbocycles. The average Bonchev–Trinajstić information content (AvgIpc) is 2.80. The van der Waals surface area contributed by atoms with E-state index in [1.165, 1.54) is 11.3 Å². The maximum absolute atomic E-state index is 11.0. The first-order valence-electron chi connectivity index (χ1n) is 5.37. The van der Waals surface area contributed by atoms with Gasteiger partial charge in [0.25, 0.3) is 0 Å². The molecule has 0 aliphatic rings. The van der Waals surface area contributed by atoms with Gasteiger partial charge in [-0.05, 0) is 18.6 Å². The molecule has 6 heteroatoms. The molecular weight excluding hydrogens is 286 g/mol. The number of thiophene rings is 1. The lowest BCUT2D eigenvalue weighted by molar-refractivity contribution is 0.0695. The Labute approximate surface area is 121 Å². The third-order valence-corrected chi connectivity index (χ3v) is 3.28. The summed E-state index contributed by atoms with van der Waals surface area (Å²) in [6, 6.07) is 5.59. The van der Waals surface area contributed by atoms with E-state index in [9.17, 15) is 4.79 Å². The van der Waals surface area contributed by atoms with Gasteiger partial charge >= 0.3 is 5.97 Å². The molecule has 1 heterocycles. The van der Waals surface area contributed by atoms with E-state index in [4.69, 9.17) is 9.84 Å². The Kier molecular flexibility index (Phi) is 5.20. The molecule has 0 aliphatic carbocycles. The number of hydrogen-bond acceptors (Lipinski definition) is 4. The second-order valence-corrected chi connectivity index (χ2v) is 4.53. The predicted octanol–water partition coefficient (Wildman–Crippen LogP) is 4.01. The van der Waals surface area contributed by atoms with Gasteiger partial charge in [0.15, 0.2) is 5.75 Å². The molecule has 0 radical (unpaired) electrons. The molecule has 2 rings (SSSR count). The summed E-state index contributed by atoms with van der Waals surface area (Å²) in [5.41, 5.74) is 2.25. The molecule has 0 aliphatic heterocycles. The summed E-state index contributed by atoms with van der Waals surface area (Å²) < 4.78 is 5.60. The van der Waals surface area contributed by atoms with Crippen LogP contribution in [0.15, 0.2) is 29.0 Å². The van der Waals surface area contributed by atoms with Crippen molar-refractivity contribution in [1.29, 1.82) is 0 Å². The van der Waals surface area contributed by atoms with E-state index in [0.717, 1.165) is 11.3 Å². The fourth-order valence-corrected chi connectivity index (χ4v) is 2.30. The van der Waals surface area contributed by atoms with Gasteiger partial charge in [-0.25, -0.2) is 4.79 Å². The first kappa shape index (κ1) is 15.3. The van der Waals surface area contributed by atoms with Crippen LogP contribution in [0.1, 0.15) is 15.9 Å². The Morgan fingerprint density at radius 2 is 2.11 bits per heavy atom. The summed E-state index contributed by atoms with van der Waals surface area (Å²) in [5.74, 6) is 0.0106. The minimum absolute atomic E-state index is 0. The van der Waals surface area contributed by atoms with Crippen molar-refractivity contribution in [3.8, 4) is 11.5 Å². The number of carboxylic acid groups (broad SMARTS) is 1. The van der Waals surface area contributed by atoms with E-state index in [1.807, 2.05) is 32.2 Å². The van der Waals surface area contributed by atoms with Crippen molar-refractivity contribution >= 4 is 35.4 Å². The van der Waals surface area contributed by atoms with Crippen molar-refractivity contribution in [2.45, 2.75) is 6.92 Å². The van der Waals surface area contributed by atoms with Gasteiger partial charge in [0.05, 0.1) is 0 Å². The third-order valence-electron chi connectivity index (χ3n) is 2.56. The van der Waals surface area contributed by atoms with Crippen LogP contribution >= 0.6 is 23.7 Å². The molecule has 0 unspecified atom stereocenters. The van der Waals surface area contributed by atoms with Crippen molar-refractivity contribution in [2.75, 3.05) is 12.4 Å². The minimum atomic E-state index is -0.979. The molecule has 0 atom stereocenters. The number of rotatable bonds is 4. The monoisotopic (exact) mass is 299 g/mol. The molecule has 2 N–H and O–H groups in total. The van der Waals surface area contributed by atoms with Crippen LogP contribution in [0.25, 0.3) is 0 Å². The van der Waals surface area contributed by atoms with Crippen LogP contribution in [0.3, 0.4) is 0 Å². The molecule has 1 aromatic heterocycles. The molecule has 0 fully saturated rings. The van der Waals surface area contributed by atoms with Crippen LogP contribution in [0, 0.1) is 6.92 Å². The summed E-state index contributed by atoms with van der Waals surface area (Å²) in [5, 5.41) is 15.3. The van der Waals surface area contributed by atoms with Gasteiger partial charge in [-0.3, -0.25) is 0 Å². The molecule has 0 saturated heterocycles. The van der Waals surface area contributed by atoms with Gasteiger partial charge in [-0.2, -0.15) is 0 Å². The number of hydrogen-bond donors (Lipinski definition) is 2. The Morgan fingerprint density at radius 1 is 1.37 bits per heavy atom. The predicted molar refractivity (Wildman–Crippen MR) is 79.3 cm³/mol. The maximum Gasteiger partial charge on any atom is 0.340 e. The van der Waals surface area contributed by atoms with E-state index >= 15 is 0 Å². The number of benzene rings is 1. The zero-order valence-electron chi connectivity index (χ0n) is 10.5. The number of carboxylic acids is 1. The van der Waals surface area contributed by atoms with Crippen LogP contribution in [0.5, 0.6) is 11.5 Å². The Bertz CT molecular complexity index is 583. The van der Waals surface area contributed by atoms with E-state index in [2.05, 4.69) is 5.32 Å². The maximum atomic E-state index is 11.0. The highest BCUT2D eigenvalue weighted by molar-refractivity contribution is 7.08. The number of halogens is 1. The molecule has 19 heavy (non-hydrogen) atoms. The zero-order valence-corrected chi connectivity index (χ0v) is 12.1. The molecule has 0 amide bonds. The number of nitrogens with one attached hydrogen (secondary N) is 1. The first-order valence-corrected chi connectivity index (χ1v) is 6.32. The van der Waals surface area contributed by atoms with Crippen LogP contribution in [0.4, 0.5) is 5.69 Å². The summed E-state index contributed by atoms with van der Waals surface area (Å²) in [7, 11) is 1.83. The van der Waals surface area contributed by atoms with Gasteiger partial charge < -0.3 is 15.2 Å². The lowest BCUT2D eigenvalue weighted by Gasteiger charge is -2.09. The highest BCUT2D eigenvalue weighted by atomic mass is 35.5. The number of aryl methyl sites for hydroxylation is 1. The van der Waals surface area contributed by atoms with Gasteiger partial charge in [0.2, 0.25) is 0 Å². The fourth-order valence-electron chi connectivity index (χ4n) is 1.58. The van der Waals surface area contributed by atoms with E-state index in [0.29, 0.717) is 11.5 Å². The SMILES string of the molecule is CNc1cc(Oc2cscc2C(=O)O)ccc1C.Cl. The van der Waals surface area contributed by atoms with Crippen LogP contribution in [-0.2, 0) is 0 Å². The minimum Gasteiger partial charge on any atom is -0.478 e. The quantitative estimate of drug-likeness (QED) is 0.895. The van der Waals surface area contributed by atoms with Gasteiger partial charge in [-0.1, -0.05) is 6.07 Å². The number of anilines is 1. The van der Waals surface area contributed by atoms with Gasteiger partial charge in [0.1, 0.15) is 11.3 Å². The van der Waals surface area contributed by atoms with Gasteiger partial charge in [0, 0.05) is 29.6 Å². The van der Waals surface area contributed by atoms with Crippen molar-refractivity contribution < 1.29 is 14.6 Å². The molecule has 102 valence electrons. The fraction of sp³-hybridized carbons (Fsp3) is 0.154. The summed E-state index contributed by atoms with van der Waals surface area (Å²) in [4.78, 5) is 11.0. The molecule has 0 bridgehead atoms. The van der Waals surface area contributed by atoms with Crippen LogP contribution < -0.4 is 10.1 Å². The van der Waals surface area contributed by atoms with E-state index in [1.54, 1.807) is 10.8 Å². The van der Waals surface area contributed by atoms with E-state index in [-0.39, 0.29) is 18.0 Å².